The van der Waals surface area contributed by atoms with Gasteiger partial charge in [-0.2, -0.15) is 0 Å². The van der Waals surface area contributed by atoms with Gasteiger partial charge in [-0.15, -0.1) is 0 Å². The topological polar surface area (TPSA) is 64.3 Å². The Hall–Kier alpha value is -2.33. The van der Waals surface area contributed by atoms with E-state index >= 15 is 0 Å². The van der Waals surface area contributed by atoms with Crippen LogP contribution in [-0.4, -0.2) is 25.6 Å². The van der Waals surface area contributed by atoms with Crippen LogP contribution in [0.15, 0.2) is 54.6 Å². The SMILES string of the molecule is COc1ccc(CCNC(=O)[C@H](N)Cc2ccccc2)cc1. The van der Waals surface area contributed by atoms with Gasteiger partial charge in [0, 0.05) is 6.54 Å². The highest BCUT2D eigenvalue weighted by molar-refractivity contribution is 5.81. The summed E-state index contributed by atoms with van der Waals surface area (Å²) >= 11 is 0. The molecule has 0 aliphatic carbocycles. The molecule has 0 saturated carbocycles. The maximum absolute atomic E-state index is 12.0. The molecule has 2 aromatic rings. The Morgan fingerprint density at radius 1 is 1.09 bits per heavy atom. The molecule has 116 valence electrons. The van der Waals surface area contributed by atoms with Crippen molar-refractivity contribution in [1.29, 1.82) is 0 Å². The van der Waals surface area contributed by atoms with Gasteiger partial charge in [-0.3, -0.25) is 4.79 Å². The molecule has 22 heavy (non-hydrogen) atoms. The minimum Gasteiger partial charge on any atom is -0.497 e. The molecule has 2 rings (SSSR count). The van der Waals surface area contributed by atoms with Gasteiger partial charge in [0.15, 0.2) is 0 Å². The summed E-state index contributed by atoms with van der Waals surface area (Å²) in [4.78, 5) is 12.0. The van der Waals surface area contributed by atoms with Gasteiger partial charge in [0.25, 0.3) is 0 Å². The molecule has 0 aromatic heterocycles. The molecule has 4 nitrogen and oxygen atoms in total. The number of hydrogen-bond donors (Lipinski definition) is 2. The fourth-order valence-electron chi connectivity index (χ4n) is 2.21. The maximum atomic E-state index is 12.0. The molecule has 0 bridgehead atoms. The van der Waals surface area contributed by atoms with E-state index in [0.717, 1.165) is 23.3 Å². The Balaban J connectivity index is 1.74. The van der Waals surface area contributed by atoms with Crippen molar-refractivity contribution < 1.29 is 9.53 Å². The number of amides is 1. The minimum atomic E-state index is -0.515. The van der Waals surface area contributed by atoms with E-state index in [4.69, 9.17) is 10.5 Å². The van der Waals surface area contributed by atoms with Gasteiger partial charge in [-0.1, -0.05) is 42.5 Å². The van der Waals surface area contributed by atoms with Gasteiger partial charge >= 0.3 is 0 Å². The number of carbonyl (C=O) groups is 1. The Labute approximate surface area is 131 Å². The fourth-order valence-corrected chi connectivity index (χ4v) is 2.21. The zero-order valence-corrected chi connectivity index (χ0v) is 12.8. The van der Waals surface area contributed by atoms with E-state index in [9.17, 15) is 4.79 Å². The largest absolute Gasteiger partial charge is 0.497 e. The smallest absolute Gasteiger partial charge is 0.237 e. The lowest BCUT2D eigenvalue weighted by atomic mass is 10.1. The van der Waals surface area contributed by atoms with Crippen LogP contribution >= 0.6 is 0 Å². The maximum Gasteiger partial charge on any atom is 0.237 e. The van der Waals surface area contributed by atoms with Crippen molar-refractivity contribution in [2.75, 3.05) is 13.7 Å². The Morgan fingerprint density at radius 2 is 1.77 bits per heavy atom. The third kappa shape index (κ3) is 4.90. The summed E-state index contributed by atoms with van der Waals surface area (Å²) in [5.41, 5.74) is 8.16. The second-order valence-electron chi connectivity index (χ2n) is 5.19. The highest BCUT2D eigenvalue weighted by Crippen LogP contribution is 2.11. The predicted molar refractivity (Wildman–Crippen MR) is 87.8 cm³/mol. The van der Waals surface area contributed by atoms with Crippen molar-refractivity contribution in [2.24, 2.45) is 5.73 Å². The molecular formula is C18H22N2O2. The third-order valence-electron chi connectivity index (χ3n) is 3.51. The molecule has 0 spiro atoms. The lowest BCUT2D eigenvalue weighted by Gasteiger charge is -2.12. The van der Waals surface area contributed by atoms with E-state index in [1.54, 1.807) is 7.11 Å². The first-order valence-corrected chi connectivity index (χ1v) is 7.39. The van der Waals surface area contributed by atoms with Crippen molar-refractivity contribution in [2.45, 2.75) is 18.9 Å². The zero-order chi connectivity index (χ0) is 15.8. The second kappa shape index (κ2) is 8.20. The van der Waals surface area contributed by atoms with Gasteiger partial charge < -0.3 is 15.8 Å². The molecule has 0 aliphatic heterocycles. The van der Waals surface area contributed by atoms with Crippen LogP contribution in [0.25, 0.3) is 0 Å². The molecule has 1 atom stereocenters. The number of hydrogen-bond acceptors (Lipinski definition) is 3. The van der Waals surface area contributed by atoms with Crippen molar-refractivity contribution in [3.05, 3.63) is 65.7 Å². The molecule has 0 heterocycles. The van der Waals surface area contributed by atoms with Crippen molar-refractivity contribution in [3.8, 4) is 5.75 Å². The predicted octanol–water partition coefficient (Wildman–Crippen LogP) is 1.92. The quantitative estimate of drug-likeness (QED) is 0.821. The second-order valence-corrected chi connectivity index (χ2v) is 5.19. The molecule has 0 unspecified atom stereocenters. The van der Waals surface area contributed by atoms with Gasteiger partial charge in [0.1, 0.15) is 5.75 Å². The molecule has 2 aromatic carbocycles. The van der Waals surface area contributed by atoms with Gasteiger partial charge in [-0.25, -0.2) is 0 Å². The summed E-state index contributed by atoms with van der Waals surface area (Å²) < 4.78 is 5.11. The molecular weight excluding hydrogens is 276 g/mol. The summed E-state index contributed by atoms with van der Waals surface area (Å²) in [6.45, 7) is 0.577. The van der Waals surface area contributed by atoms with Crippen LogP contribution in [0.3, 0.4) is 0 Å². The first-order valence-electron chi connectivity index (χ1n) is 7.39. The number of benzene rings is 2. The Kier molecular flexibility index (Phi) is 5.98. The van der Waals surface area contributed by atoms with Gasteiger partial charge in [0.2, 0.25) is 5.91 Å². The Bertz CT molecular complexity index is 582. The number of nitrogens with one attached hydrogen (secondary N) is 1. The van der Waals surface area contributed by atoms with Crippen LogP contribution in [0.5, 0.6) is 5.75 Å². The van der Waals surface area contributed by atoms with Gasteiger partial charge in [0.05, 0.1) is 13.2 Å². The highest BCUT2D eigenvalue weighted by atomic mass is 16.5. The van der Waals surface area contributed by atoms with E-state index in [1.165, 1.54) is 0 Å². The van der Waals surface area contributed by atoms with E-state index in [2.05, 4.69) is 5.32 Å². The van der Waals surface area contributed by atoms with Crippen LogP contribution in [0, 0.1) is 0 Å². The zero-order valence-electron chi connectivity index (χ0n) is 12.8. The summed E-state index contributed by atoms with van der Waals surface area (Å²) in [5.74, 6) is 0.718. The summed E-state index contributed by atoms with van der Waals surface area (Å²) in [6.07, 6.45) is 1.32. The number of rotatable bonds is 7. The van der Waals surface area contributed by atoms with Crippen LogP contribution in [-0.2, 0) is 17.6 Å². The molecule has 0 aliphatic rings. The van der Waals surface area contributed by atoms with E-state index in [1.807, 2.05) is 54.6 Å². The first-order chi connectivity index (χ1) is 10.7. The van der Waals surface area contributed by atoms with Gasteiger partial charge in [-0.05, 0) is 36.1 Å². The van der Waals surface area contributed by atoms with Crippen molar-refractivity contribution in [3.63, 3.8) is 0 Å². The van der Waals surface area contributed by atoms with E-state index in [0.29, 0.717) is 13.0 Å². The van der Waals surface area contributed by atoms with Crippen molar-refractivity contribution in [1.82, 2.24) is 5.32 Å². The standard InChI is InChI=1S/C18H22N2O2/c1-22-16-9-7-14(8-10-16)11-12-20-18(21)17(19)13-15-5-3-2-4-6-15/h2-10,17H,11-13,19H2,1H3,(H,20,21)/t17-/m1/s1. The van der Waals surface area contributed by atoms with E-state index in [-0.39, 0.29) is 5.91 Å². The molecule has 0 saturated heterocycles. The average Bonchev–Trinajstić information content (AvgIpc) is 2.56. The van der Waals surface area contributed by atoms with E-state index < -0.39 is 6.04 Å². The first kappa shape index (κ1) is 16.0. The van der Waals surface area contributed by atoms with Crippen LogP contribution in [0.1, 0.15) is 11.1 Å². The number of ether oxygens (including phenoxy) is 1. The lowest BCUT2D eigenvalue weighted by molar-refractivity contribution is -0.122. The normalized spacial score (nSPS) is 11.7. The third-order valence-corrected chi connectivity index (χ3v) is 3.51. The monoisotopic (exact) mass is 298 g/mol. The van der Waals surface area contributed by atoms with Crippen molar-refractivity contribution >= 4 is 5.91 Å². The van der Waals surface area contributed by atoms with Crippen LogP contribution in [0.4, 0.5) is 0 Å². The number of carbonyl (C=O) groups excluding carboxylic acids is 1. The lowest BCUT2D eigenvalue weighted by Crippen LogP contribution is -2.42. The molecule has 1 amide bonds. The summed E-state index contributed by atoms with van der Waals surface area (Å²) in [5, 5.41) is 2.88. The van der Waals surface area contributed by atoms with Crippen LogP contribution in [0.2, 0.25) is 0 Å². The average molecular weight is 298 g/mol. The molecule has 4 heteroatoms. The number of nitrogens with two attached hydrogens (primary N) is 1. The summed E-state index contributed by atoms with van der Waals surface area (Å²) in [6, 6.07) is 17.1. The minimum absolute atomic E-state index is 0.114. The summed E-state index contributed by atoms with van der Waals surface area (Å²) in [7, 11) is 1.64. The Morgan fingerprint density at radius 3 is 2.41 bits per heavy atom. The fraction of sp³-hybridized carbons (Fsp3) is 0.278. The van der Waals surface area contributed by atoms with Crippen LogP contribution < -0.4 is 15.8 Å². The highest BCUT2D eigenvalue weighted by Gasteiger charge is 2.13. The molecule has 0 fully saturated rings. The number of methoxy groups -OCH3 is 1. The molecule has 0 radical (unpaired) electrons. The molecule has 3 N–H and O–H groups in total.